The van der Waals surface area contributed by atoms with Crippen molar-refractivity contribution in [2.24, 2.45) is 0 Å². The monoisotopic (exact) mass is 291 g/mol. The van der Waals surface area contributed by atoms with Crippen molar-refractivity contribution >= 4 is 21.4 Å². The number of sulfonamides is 1. The molecule has 7 heteroatoms. The lowest BCUT2D eigenvalue weighted by Gasteiger charge is -2.12. The summed E-state index contributed by atoms with van der Waals surface area (Å²) in [5, 5.41) is 5.80. The summed E-state index contributed by atoms with van der Waals surface area (Å²) in [5.74, 6) is 0.0989. The Kier molecular flexibility index (Phi) is 6.20. The van der Waals surface area contributed by atoms with Crippen molar-refractivity contribution in [3.63, 3.8) is 0 Å². The Morgan fingerprint density at radius 1 is 1.44 bits per heavy atom. The highest BCUT2D eigenvalue weighted by molar-refractivity contribution is 7.89. The van der Waals surface area contributed by atoms with Gasteiger partial charge < -0.3 is 5.32 Å². The zero-order valence-corrected chi connectivity index (χ0v) is 12.7. The number of hydrogen-bond acceptors (Lipinski definition) is 5. The zero-order valence-electron chi connectivity index (χ0n) is 11.1. The Labute approximate surface area is 113 Å². The summed E-state index contributed by atoms with van der Waals surface area (Å²) in [6.45, 7) is 7.08. The van der Waals surface area contributed by atoms with Gasteiger partial charge in [0.25, 0.3) is 0 Å². The molecule has 0 bridgehead atoms. The van der Waals surface area contributed by atoms with Crippen LogP contribution < -0.4 is 10.0 Å². The fourth-order valence-electron chi connectivity index (χ4n) is 1.46. The quantitative estimate of drug-likeness (QED) is 0.711. The van der Waals surface area contributed by atoms with Gasteiger partial charge in [-0.25, -0.2) is 18.1 Å². The van der Waals surface area contributed by atoms with Crippen molar-refractivity contribution in [1.29, 1.82) is 0 Å². The number of thiazole rings is 1. The van der Waals surface area contributed by atoms with Crippen LogP contribution in [0.4, 0.5) is 0 Å². The predicted molar refractivity (Wildman–Crippen MR) is 75.3 cm³/mol. The van der Waals surface area contributed by atoms with Gasteiger partial charge in [-0.1, -0.05) is 6.92 Å². The lowest BCUT2D eigenvalue weighted by molar-refractivity contribution is 0.561. The van der Waals surface area contributed by atoms with Crippen molar-refractivity contribution in [1.82, 2.24) is 15.0 Å². The third-order valence-corrected chi connectivity index (χ3v) is 4.94. The zero-order chi connectivity index (χ0) is 13.6. The summed E-state index contributed by atoms with van der Waals surface area (Å²) in [6, 6.07) is -0.264. The molecule has 5 nitrogen and oxygen atoms in total. The second-order valence-corrected chi connectivity index (χ2v) is 7.00. The van der Waals surface area contributed by atoms with Gasteiger partial charge in [0.2, 0.25) is 10.0 Å². The first kappa shape index (κ1) is 15.6. The summed E-state index contributed by atoms with van der Waals surface area (Å²) in [4.78, 5) is 4.28. The van der Waals surface area contributed by atoms with Crippen molar-refractivity contribution in [3.05, 3.63) is 16.1 Å². The van der Waals surface area contributed by atoms with Gasteiger partial charge in [0, 0.05) is 17.6 Å². The first-order valence-electron chi connectivity index (χ1n) is 6.07. The number of nitrogens with zero attached hydrogens (tertiary/aromatic N) is 1. The molecule has 104 valence electrons. The van der Waals surface area contributed by atoms with Crippen LogP contribution in [0, 0.1) is 6.92 Å². The average Bonchev–Trinajstić information content (AvgIpc) is 2.71. The van der Waals surface area contributed by atoms with Gasteiger partial charge in [0.05, 0.1) is 11.8 Å². The highest BCUT2D eigenvalue weighted by Gasteiger charge is 2.17. The molecule has 2 N–H and O–H groups in total. The summed E-state index contributed by atoms with van der Waals surface area (Å²) >= 11 is 1.48. The van der Waals surface area contributed by atoms with E-state index in [4.69, 9.17) is 0 Å². The lowest BCUT2D eigenvalue weighted by atomic mass is 10.4. The van der Waals surface area contributed by atoms with E-state index < -0.39 is 10.0 Å². The largest absolute Gasteiger partial charge is 0.316 e. The number of aryl methyl sites for hydroxylation is 1. The number of rotatable bonds is 8. The van der Waals surface area contributed by atoms with Crippen molar-refractivity contribution in [3.8, 4) is 0 Å². The van der Waals surface area contributed by atoms with Gasteiger partial charge in [-0.05, 0) is 26.8 Å². The Hall–Kier alpha value is -0.500. The standard InChI is InChI=1S/C11H21N3O2S2/c1-4-5-12-6-7-18(15,16)14-10(3)11-13-9(2)8-17-11/h8,10,12,14H,4-7H2,1-3H3. The van der Waals surface area contributed by atoms with Gasteiger partial charge in [-0.3, -0.25) is 0 Å². The normalized spacial score (nSPS) is 13.7. The van der Waals surface area contributed by atoms with Gasteiger partial charge in [0.15, 0.2) is 0 Å². The molecule has 1 aromatic heterocycles. The van der Waals surface area contributed by atoms with E-state index in [1.54, 1.807) is 0 Å². The number of nitrogens with one attached hydrogen (secondary N) is 2. The second kappa shape index (κ2) is 7.18. The maximum Gasteiger partial charge on any atom is 0.213 e. The Balaban J connectivity index is 2.44. The van der Waals surface area contributed by atoms with Gasteiger partial charge in [0.1, 0.15) is 5.01 Å². The van der Waals surface area contributed by atoms with Crippen LogP contribution in [0.25, 0.3) is 0 Å². The third-order valence-electron chi connectivity index (χ3n) is 2.34. The maximum absolute atomic E-state index is 11.8. The number of hydrogen-bond donors (Lipinski definition) is 2. The smallest absolute Gasteiger partial charge is 0.213 e. The Morgan fingerprint density at radius 3 is 2.72 bits per heavy atom. The molecular weight excluding hydrogens is 270 g/mol. The minimum absolute atomic E-state index is 0.0989. The summed E-state index contributed by atoms with van der Waals surface area (Å²) in [5.41, 5.74) is 0.922. The van der Waals surface area contributed by atoms with E-state index in [2.05, 4.69) is 15.0 Å². The highest BCUT2D eigenvalue weighted by Crippen LogP contribution is 2.17. The molecule has 0 aliphatic heterocycles. The van der Waals surface area contributed by atoms with E-state index in [0.29, 0.717) is 6.54 Å². The molecule has 1 unspecified atom stereocenters. The average molecular weight is 291 g/mol. The molecule has 0 spiro atoms. The molecule has 0 saturated carbocycles. The molecule has 1 rings (SSSR count). The predicted octanol–water partition coefficient (Wildman–Crippen LogP) is 1.43. The van der Waals surface area contributed by atoms with Crippen molar-refractivity contribution in [2.75, 3.05) is 18.8 Å². The Morgan fingerprint density at radius 2 is 2.17 bits per heavy atom. The van der Waals surface area contributed by atoms with E-state index in [0.717, 1.165) is 23.7 Å². The van der Waals surface area contributed by atoms with Crippen molar-refractivity contribution in [2.45, 2.75) is 33.2 Å². The van der Waals surface area contributed by atoms with Crippen LogP contribution in [0.15, 0.2) is 5.38 Å². The lowest BCUT2D eigenvalue weighted by Crippen LogP contribution is -2.33. The summed E-state index contributed by atoms with van der Waals surface area (Å²) in [7, 11) is -3.25. The second-order valence-electron chi connectivity index (χ2n) is 4.24. The first-order chi connectivity index (χ1) is 8.44. The topological polar surface area (TPSA) is 71.1 Å². The van der Waals surface area contributed by atoms with E-state index >= 15 is 0 Å². The van der Waals surface area contributed by atoms with E-state index in [-0.39, 0.29) is 11.8 Å². The molecular formula is C11H21N3O2S2. The molecule has 0 aliphatic carbocycles. The molecule has 0 amide bonds. The summed E-state index contributed by atoms with van der Waals surface area (Å²) < 4.78 is 26.3. The van der Waals surface area contributed by atoms with E-state index in [1.165, 1.54) is 11.3 Å². The summed E-state index contributed by atoms with van der Waals surface area (Å²) in [6.07, 6.45) is 1.00. The first-order valence-corrected chi connectivity index (χ1v) is 8.60. The minimum Gasteiger partial charge on any atom is -0.316 e. The van der Waals surface area contributed by atoms with Crippen LogP contribution in [-0.2, 0) is 10.0 Å². The minimum atomic E-state index is -3.25. The van der Waals surface area contributed by atoms with Gasteiger partial charge in [-0.2, -0.15) is 0 Å². The van der Waals surface area contributed by atoms with Crippen LogP contribution in [0.2, 0.25) is 0 Å². The number of aromatic nitrogens is 1. The molecule has 0 radical (unpaired) electrons. The van der Waals surface area contributed by atoms with Crippen LogP contribution in [0.3, 0.4) is 0 Å². The highest BCUT2D eigenvalue weighted by atomic mass is 32.2. The van der Waals surface area contributed by atoms with E-state index in [1.807, 2.05) is 26.2 Å². The van der Waals surface area contributed by atoms with Gasteiger partial charge >= 0.3 is 0 Å². The van der Waals surface area contributed by atoms with Crippen molar-refractivity contribution < 1.29 is 8.42 Å². The third kappa shape index (κ3) is 5.43. The van der Waals surface area contributed by atoms with Gasteiger partial charge in [-0.15, -0.1) is 11.3 Å². The molecule has 0 saturated heterocycles. The van der Waals surface area contributed by atoms with Crippen LogP contribution in [0.5, 0.6) is 0 Å². The van der Waals surface area contributed by atoms with Crippen LogP contribution in [0.1, 0.15) is 37.0 Å². The van der Waals surface area contributed by atoms with Crippen LogP contribution >= 0.6 is 11.3 Å². The fraction of sp³-hybridized carbons (Fsp3) is 0.727. The molecule has 0 fully saturated rings. The molecule has 1 aromatic rings. The molecule has 0 aliphatic rings. The fourth-order valence-corrected chi connectivity index (χ4v) is 3.52. The molecule has 0 aromatic carbocycles. The van der Waals surface area contributed by atoms with E-state index in [9.17, 15) is 8.42 Å². The molecule has 1 heterocycles. The van der Waals surface area contributed by atoms with Crippen LogP contribution in [-0.4, -0.2) is 32.2 Å². The maximum atomic E-state index is 11.8. The molecule has 18 heavy (non-hydrogen) atoms. The Bertz CT molecular complexity index is 457. The molecule has 1 atom stereocenters. The SMILES string of the molecule is CCCNCCS(=O)(=O)NC(C)c1nc(C)cs1.